The van der Waals surface area contributed by atoms with Crippen LogP contribution in [0.15, 0.2) is 30.4 Å². The molecule has 0 bridgehead atoms. The number of aromatic hydroxyl groups is 1. The number of halogens is 2. The molecule has 1 aromatic carbocycles. The molecule has 24 heavy (non-hydrogen) atoms. The highest BCUT2D eigenvalue weighted by Gasteiger charge is 2.61. The smallest absolute Gasteiger partial charge is 0.266 e. The van der Waals surface area contributed by atoms with Gasteiger partial charge in [-0.3, -0.25) is 0 Å². The molecule has 2 saturated carbocycles. The van der Waals surface area contributed by atoms with Gasteiger partial charge in [0, 0.05) is 5.41 Å². The summed E-state index contributed by atoms with van der Waals surface area (Å²) in [6, 6.07) is 5.37. The number of hydrogen-bond donors (Lipinski definition) is 2. The van der Waals surface area contributed by atoms with E-state index in [9.17, 15) is 19.0 Å². The predicted molar refractivity (Wildman–Crippen MR) is 88.0 cm³/mol. The highest BCUT2D eigenvalue weighted by atomic mass is 19.3. The first-order valence-corrected chi connectivity index (χ1v) is 8.90. The van der Waals surface area contributed by atoms with E-state index in [4.69, 9.17) is 0 Å². The van der Waals surface area contributed by atoms with Crippen LogP contribution in [0.2, 0.25) is 0 Å². The summed E-state index contributed by atoms with van der Waals surface area (Å²) >= 11 is 0. The second kappa shape index (κ2) is 5.29. The number of fused-ring (bicyclic) bond motifs is 5. The molecule has 2 nitrogen and oxygen atoms in total. The third kappa shape index (κ3) is 2.08. The van der Waals surface area contributed by atoms with Crippen molar-refractivity contribution >= 4 is 0 Å². The molecule has 0 aromatic heterocycles. The summed E-state index contributed by atoms with van der Waals surface area (Å²) in [6.07, 6.45) is 3.79. The van der Waals surface area contributed by atoms with Gasteiger partial charge >= 0.3 is 0 Å². The van der Waals surface area contributed by atoms with Gasteiger partial charge in [-0.05, 0) is 85.1 Å². The van der Waals surface area contributed by atoms with Gasteiger partial charge in [0.1, 0.15) is 5.75 Å². The Bertz CT molecular complexity index is 697. The Hall–Kier alpha value is -1.42. The molecule has 2 N–H and O–H groups in total. The number of aryl methyl sites for hydroxylation is 1. The Kier molecular flexibility index (Phi) is 3.54. The van der Waals surface area contributed by atoms with E-state index in [2.05, 4.69) is 6.92 Å². The summed E-state index contributed by atoms with van der Waals surface area (Å²) < 4.78 is 26.9. The lowest BCUT2D eigenvalue weighted by molar-refractivity contribution is -0.0543. The molecular weight excluding hydrogens is 310 g/mol. The van der Waals surface area contributed by atoms with E-state index in [0.717, 1.165) is 30.4 Å². The predicted octanol–water partition coefficient (Wildman–Crippen LogP) is 4.76. The Labute approximate surface area is 141 Å². The number of allylic oxidation sites excluding steroid dienone is 1. The van der Waals surface area contributed by atoms with Crippen molar-refractivity contribution in [2.75, 3.05) is 0 Å². The van der Waals surface area contributed by atoms with Crippen LogP contribution in [0, 0.1) is 16.7 Å². The summed E-state index contributed by atoms with van der Waals surface area (Å²) in [7, 11) is 0. The van der Waals surface area contributed by atoms with Crippen molar-refractivity contribution in [1.82, 2.24) is 0 Å². The highest BCUT2D eigenvalue weighted by Crippen LogP contribution is 2.67. The fourth-order valence-electron chi connectivity index (χ4n) is 6.18. The zero-order valence-electron chi connectivity index (χ0n) is 13.9. The average Bonchev–Trinajstić information content (AvgIpc) is 2.83. The summed E-state index contributed by atoms with van der Waals surface area (Å²) in [5.74, 6) is 0.374. The Morgan fingerprint density at radius 3 is 2.75 bits per heavy atom. The van der Waals surface area contributed by atoms with Gasteiger partial charge < -0.3 is 10.2 Å². The number of aliphatic hydroxyl groups is 1. The van der Waals surface area contributed by atoms with Gasteiger partial charge in [-0.25, -0.2) is 0 Å². The second-order valence-corrected chi connectivity index (χ2v) is 8.17. The number of phenolic OH excluding ortho intramolecular Hbond substituents is 1. The normalized spacial score (nSPS) is 40.4. The minimum atomic E-state index is -1.60. The van der Waals surface area contributed by atoms with Gasteiger partial charge in [-0.2, -0.15) is 8.78 Å². The van der Waals surface area contributed by atoms with Crippen LogP contribution in [0.4, 0.5) is 8.78 Å². The molecule has 0 aliphatic heterocycles. The number of phenols is 1. The standard InChI is InChI=1S/C20H24F2O2/c1-19-8-7-15-14-3-2-13(23)10-12(14)6-9-20(15,11-18(21)22)16(19)4-5-17(19)24/h2-3,10-11,15-17,23-24H,4-9H2,1H3/t15-,16-,17?,19+,20+/m1/s1. The fourth-order valence-corrected chi connectivity index (χ4v) is 6.18. The van der Waals surface area contributed by atoms with Gasteiger partial charge in [-0.15, -0.1) is 0 Å². The van der Waals surface area contributed by atoms with E-state index in [1.165, 1.54) is 6.08 Å². The van der Waals surface area contributed by atoms with Gasteiger partial charge in [0.05, 0.1) is 6.10 Å². The van der Waals surface area contributed by atoms with Crippen LogP contribution in [-0.4, -0.2) is 16.3 Å². The van der Waals surface area contributed by atoms with Crippen molar-refractivity contribution < 1.29 is 19.0 Å². The summed E-state index contributed by atoms with van der Waals surface area (Å²) in [4.78, 5) is 0. The van der Waals surface area contributed by atoms with Gasteiger partial charge in [0.2, 0.25) is 0 Å². The Morgan fingerprint density at radius 2 is 2.00 bits per heavy atom. The van der Waals surface area contributed by atoms with Crippen molar-refractivity contribution in [3.05, 3.63) is 41.5 Å². The van der Waals surface area contributed by atoms with E-state index in [1.54, 1.807) is 12.1 Å². The maximum Gasteiger partial charge on any atom is 0.266 e. The van der Waals surface area contributed by atoms with E-state index in [0.29, 0.717) is 19.3 Å². The summed E-state index contributed by atoms with van der Waals surface area (Å²) in [5.41, 5.74) is 1.36. The molecule has 5 atom stereocenters. The lowest BCUT2D eigenvalue weighted by atomic mass is 9.47. The van der Waals surface area contributed by atoms with Crippen molar-refractivity contribution in [3.8, 4) is 5.75 Å². The first-order valence-electron chi connectivity index (χ1n) is 8.90. The quantitative estimate of drug-likeness (QED) is 0.777. The molecule has 0 spiro atoms. The largest absolute Gasteiger partial charge is 0.508 e. The van der Waals surface area contributed by atoms with E-state index < -0.39 is 17.6 Å². The highest BCUT2D eigenvalue weighted by molar-refractivity contribution is 5.43. The van der Waals surface area contributed by atoms with Crippen molar-refractivity contribution in [1.29, 1.82) is 0 Å². The zero-order chi connectivity index (χ0) is 17.1. The number of benzene rings is 1. The summed E-state index contributed by atoms with van der Waals surface area (Å²) in [5, 5.41) is 20.3. The van der Waals surface area contributed by atoms with E-state index >= 15 is 0 Å². The van der Waals surface area contributed by atoms with E-state index in [-0.39, 0.29) is 23.0 Å². The molecule has 0 heterocycles. The van der Waals surface area contributed by atoms with Crippen LogP contribution in [0.1, 0.15) is 56.1 Å². The Balaban J connectivity index is 1.87. The van der Waals surface area contributed by atoms with Crippen LogP contribution >= 0.6 is 0 Å². The first kappa shape index (κ1) is 16.1. The van der Waals surface area contributed by atoms with Crippen molar-refractivity contribution in [2.24, 2.45) is 16.7 Å². The molecule has 2 fully saturated rings. The zero-order valence-corrected chi connectivity index (χ0v) is 13.9. The van der Waals surface area contributed by atoms with Crippen LogP contribution in [0.3, 0.4) is 0 Å². The van der Waals surface area contributed by atoms with Crippen LogP contribution in [0.25, 0.3) is 0 Å². The number of rotatable bonds is 1. The molecule has 3 aliphatic rings. The molecule has 4 heteroatoms. The lowest BCUT2D eigenvalue weighted by Gasteiger charge is -2.57. The molecule has 1 aromatic rings. The monoisotopic (exact) mass is 334 g/mol. The van der Waals surface area contributed by atoms with Gasteiger partial charge in [0.15, 0.2) is 0 Å². The molecule has 0 radical (unpaired) electrons. The average molecular weight is 334 g/mol. The molecule has 1 unspecified atom stereocenters. The molecule has 130 valence electrons. The van der Waals surface area contributed by atoms with E-state index in [1.807, 2.05) is 6.07 Å². The molecule has 4 rings (SSSR count). The maximum absolute atomic E-state index is 13.5. The minimum absolute atomic E-state index is 0.0479. The number of aliphatic hydroxyl groups excluding tert-OH is 1. The minimum Gasteiger partial charge on any atom is -0.508 e. The lowest BCUT2D eigenvalue weighted by Crippen LogP contribution is -2.50. The van der Waals surface area contributed by atoms with Crippen molar-refractivity contribution in [2.45, 2.75) is 57.5 Å². The summed E-state index contributed by atoms with van der Waals surface area (Å²) in [6.45, 7) is 2.09. The van der Waals surface area contributed by atoms with Crippen LogP contribution in [-0.2, 0) is 6.42 Å². The van der Waals surface area contributed by atoms with Crippen molar-refractivity contribution in [3.63, 3.8) is 0 Å². The van der Waals surface area contributed by atoms with Crippen LogP contribution < -0.4 is 0 Å². The SMILES string of the molecule is C[C@]12CC[C@@H]3c4ccc(O)cc4CC[C@@]3(C=C(F)F)[C@@H]1CCC2O. The molecular formula is C20H24F2O2. The van der Waals surface area contributed by atoms with Crippen LogP contribution in [0.5, 0.6) is 5.75 Å². The Morgan fingerprint density at radius 1 is 1.21 bits per heavy atom. The first-order chi connectivity index (χ1) is 11.4. The fraction of sp³-hybridized carbons (Fsp3) is 0.600. The molecule has 0 saturated heterocycles. The third-order valence-corrected chi connectivity index (χ3v) is 7.26. The van der Waals surface area contributed by atoms with Gasteiger partial charge in [-0.1, -0.05) is 13.0 Å². The molecule has 0 amide bonds. The van der Waals surface area contributed by atoms with Gasteiger partial charge in [0.25, 0.3) is 6.08 Å². The molecule has 3 aliphatic carbocycles. The third-order valence-electron chi connectivity index (χ3n) is 7.26. The topological polar surface area (TPSA) is 40.5 Å². The second-order valence-electron chi connectivity index (χ2n) is 8.17. The maximum atomic E-state index is 13.5. The number of hydrogen-bond acceptors (Lipinski definition) is 2.